The van der Waals surface area contributed by atoms with Crippen LogP contribution >= 0.6 is 0 Å². The van der Waals surface area contributed by atoms with Crippen LogP contribution in [-0.2, 0) is 14.2 Å². The van der Waals surface area contributed by atoms with Gasteiger partial charge in [0.15, 0.2) is 6.29 Å². The minimum Gasteiger partial charge on any atom is -0.445 e. The van der Waals surface area contributed by atoms with Crippen molar-refractivity contribution in [3.05, 3.63) is 12.7 Å². The van der Waals surface area contributed by atoms with Gasteiger partial charge in [-0.05, 0) is 0 Å². The lowest BCUT2D eigenvalue weighted by Crippen LogP contribution is -2.51. The monoisotopic (exact) mass is 261 g/mol. The number of hydrogen-bond acceptors (Lipinski definition) is 6. The summed E-state index contributed by atoms with van der Waals surface area (Å²) < 4.78 is 15.0. The predicted molar refractivity (Wildman–Crippen MR) is 61.8 cm³/mol. The summed E-state index contributed by atoms with van der Waals surface area (Å²) in [4.78, 5) is 11.2. The summed E-state index contributed by atoms with van der Waals surface area (Å²) in [6.07, 6.45) is -2.29. The molecular formula is C11H19NO6. The van der Waals surface area contributed by atoms with Crippen molar-refractivity contribution in [2.24, 2.45) is 0 Å². The molecule has 1 heterocycles. The summed E-state index contributed by atoms with van der Waals surface area (Å²) in [5.74, 6) is 0. The van der Waals surface area contributed by atoms with E-state index in [0.717, 1.165) is 0 Å². The van der Waals surface area contributed by atoms with E-state index in [2.05, 4.69) is 11.9 Å². The zero-order valence-electron chi connectivity index (χ0n) is 10.2. The van der Waals surface area contributed by atoms with E-state index in [1.807, 2.05) is 0 Å². The summed E-state index contributed by atoms with van der Waals surface area (Å²) >= 11 is 0. The summed E-state index contributed by atoms with van der Waals surface area (Å²) in [5.41, 5.74) is 0. The van der Waals surface area contributed by atoms with Gasteiger partial charge in [0, 0.05) is 20.1 Å². The zero-order chi connectivity index (χ0) is 13.5. The first-order valence-electron chi connectivity index (χ1n) is 5.64. The van der Waals surface area contributed by atoms with Crippen LogP contribution in [-0.4, -0.2) is 61.2 Å². The molecule has 7 nitrogen and oxygen atoms in total. The lowest BCUT2D eigenvalue weighted by molar-refractivity contribution is -0.256. The smallest absolute Gasteiger partial charge is 0.407 e. The van der Waals surface area contributed by atoms with E-state index in [1.165, 1.54) is 13.2 Å². The molecule has 104 valence electrons. The van der Waals surface area contributed by atoms with Crippen LogP contribution in [0.1, 0.15) is 6.42 Å². The summed E-state index contributed by atoms with van der Waals surface area (Å²) in [6, 6.07) is 0. The van der Waals surface area contributed by atoms with Crippen LogP contribution in [0.25, 0.3) is 0 Å². The highest BCUT2D eigenvalue weighted by Gasteiger charge is 2.36. The lowest BCUT2D eigenvalue weighted by Gasteiger charge is -2.36. The van der Waals surface area contributed by atoms with Crippen LogP contribution < -0.4 is 5.32 Å². The highest BCUT2D eigenvalue weighted by atomic mass is 16.7. The third-order valence-electron chi connectivity index (χ3n) is 2.54. The Morgan fingerprint density at radius 2 is 2.33 bits per heavy atom. The van der Waals surface area contributed by atoms with Gasteiger partial charge < -0.3 is 29.7 Å². The fourth-order valence-electron chi connectivity index (χ4n) is 1.63. The molecule has 0 aromatic carbocycles. The van der Waals surface area contributed by atoms with Crippen molar-refractivity contribution in [1.29, 1.82) is 0 Å². The highest BCUT2D eigenvalue weighted by molar-refractivity contribution is 5.67. The number of carbonyl (C=O) groups excluding carboxylic acids is 1. The van der Waals surface area contributed by atoms with Crippen molar-refractivity contribution in [2.75, 3.05) is 20.3 Å². The second-order valence-corrected chi connectivity index (χ2v) is 3.92. The fourth-order valence-corrected chi connectivity index (χ4v) is 1.63. The third kappa shape index (κ3) is 4.26. The lowest BCUT2D eigenvalue weighted by atomic mass is 10.0. The molecule has 7 heteroatoms. The van der Waals surface area contributed by atoms with Gasteiger partial charge in [-0.1, -0.05) is 12.7 Å². The van der Waals surface area contributed by atoms with E-state index in [-0.39, 0.29) is 19.6 Å². The highest BCUT2D eigenvalue weighted by Crippen LogP contribution is 2.20. The van der Waals surface area contributed by atoms with Crippen molar-refractivity contribution in [3.8, 4) is 0 Å². The maximum absolute atomic E-state index is 11.2. The Balaban J connectivity index is 2.34. The molecule has 1 fully saturated rings. The molecule has 0 bridgehead atoms. The number of nitrogens with one attached hydrogen (secondary N) is 1. The number of amides is 1. The van der Waals surface area contributed by atoms with Gasteiger partial charge in [0.05, 0.1) is 12.2 Å². The van der Waals surface area contributed by atoms with Gasteiger partial charge in [0.2, 0.25) is 0 Å². The van der Waals surface area contributed by atoms with Gasteiger partial charge in [0.25, 0.3) is 0 Å². The van der Waals surface area contributed by atoms with Crippen LogP contribution in [0.4, 0.5) is 4.79 Å². The fraction of sp³-hybridized carbons (Fsp3) is 0.727. The molecule has 1 amide bonds. The molecule has 3 N–H and O–H groups in total. The number of ether oxygens (including phenoxy) is 3. The van der Waals surface area contributed by atoms with E-state index in [9.17, 15) is 15.0 Å². The molecule has 1 aliphatic rings. The van der Waals surface area contributed by atoms with E-state index in [4.69, 9.17) is 14.2 Å². The number of aliphatic hydroxyl groups is 2. The molecule has 4 atom stereocenters. The van der Waals surface area contributed by atoms with Crippen LogP contribution in [0.15, 0.2) is 12.7 Å². The van der Waals surface area contributed by atoms with Crippen LogP contribution in [0.3, 0.4) is 0 Å². The molecule has 0 aromatic rings. The molecule has 1 aliphatic heterocycles. The number of alkyl carbamates (subject to hydrolysis) is 1. The van der Waals surface area contributed by atoms with Crippen molar-refractivity contribution in [1.82, 2.24) is 5.32 Å². The zero-order valence-corrected chi connectivity index (χ0v) is 10.2. The van der Waals surface area contributed by atoms with Crippen molar-refractivity contribution in [2.45, 2.75) is 31.0 Å². The average Bonchev–Trinajstić information content (AvgIpc) is 2.37. The molecule has 0 aliphatic carbocycles. The normalized spacial score (nSPS) is 31.7. The van der Waals surface area contributed by atoms with Gasteiger partial charge in [-0.15, -0.1) is 0 Å². The Kier molecular flexibility index (Phi) is 6.06. The Morgan fingerprint density at radius 3 is 2.94 bits per heavy atom. The summed E-state index contributed by atoms with van der Waals surface area (Å²) in [6.45, 7) is 3.71. The van der Waals surface area contributed by atoms with Gasteiger partial charge >= 0.3 is 6.09 Å². The molecule has 2 unspecified atom stereocenters. The second kappa shape index (κ2) is 7.32. The standard InChI is InChI=1S/C11H19NO6/c1-3-4-17-11(15)12-6-7-5-8(13)9(14)10(16-2)18-7/h3,7-10,13-14H,1,4-6H2,2H3,(H,12,15)/t7?,8-,9?,10-/m0/s1. The molecular weight excluding hydrogens is 242 g/mol. The van der Waals surface area contributed by atoms with Crippen molar-refractivity contribution in [3.63, 3.8) is 0 Å². The van der Waals surface area contributed by atoms with Gasteiger partial charge in [-0.3, -0.25) is 0 Å². The molecule has 0 saturated carbocycles. The summed E-state index contributed by atoms with van der Waals surface area (Å²) in [7, 11) is 1.37. The second-order valence-electron chi connectivity index (χ2n) is 3.92. The Labute approximate surface area is 105 Å². The van der Waals surface area contributed by atoms with Gasteiger partial charge in [-0.2, -0.15) is 0 Å². The van der Waals surface area contributed by atoms with E-state index < -0.39 is 30.7 Å². The molecule has 1 saturated heterocycles. The van der Waals surface area contributed by atoms with Crippen LogP contribution in [0.2, 0.25) is 0 Å². The molecule has 0 spiro atoms. The van der Waals surface area contributed by atoms with Crippen molar-refractivity contribution >= 4 is 6.09 Å². The third-order valence-corrected chi connectivity index (χ3v) is 2.54. The topological polar surface area (TPSA) is 97.3 Å². The first-order chi connectivity index (χ1) is 8.58. The van der Waals surface area contributed by atoms with Gasteiger partial charge in [-0.25, -0.2) is 4.79 Å². The average molecular weight is 261 g/mol. The first-order valence-corrected chi connectivity index (χ1v) is 5.64. The van der Waals surface area contributed by atoms with E-state index in [1.54, 1.807) is 0 Å². The molecule has 0 radical (unpaired) electrons. The first kappa shape index (κ1) is 14.9. The SMILES string of the molecule is C=CCOC(=O)NCC1C[C@H](O)C(O)[C@@H](OC)O1. The maximum Gasteiger partial charge on any atom is 0.407 e. The van der Waals surface area contributed by atoms with Crippen molar-refractivity contribution < 1.29 is 29.2 Å². The maximum atomic E-state index is 11.2. The van der Waals surface area contributed by atoms with Gasteiger partial charge in [0.1, 0.15) is 12.7 Å². The Morgan fingerprint density at radius 1 is 1.61 bits per heavy atom. The Bertz CT molecular complexity index is 285. The minimum atomic E-state index is -1.08. The largest absolute Gasteiger partial charge is 0.445 e. The molecule has 1 rings (SSSR count). The number of carbonyl (C=O) groups is 1. The Hall–Kier alpha value is -1.15. The van der Waals surface area contributed by atoms with Crippen LogP contribution in [0.5, 0.6) is 0 Å². The number of methoxy groups -OCH3 is 1. The summed E-state index contributed by atoms with van der Waals surface area (Å²) in [5, 5.41) is 21.6. The number of hydrogen-bond donors (Lipinski definition) is 3. The molecule has 18 heavy (non-hydrogen) atoms. The van der Waals surface area contributed by atoms with Crippen LogP contribution in [0, 0.1) is 0 Å². The number of rotatable bonds is 5. The van der Waals surface area contributed by atoms with E-state index >= 15 is 0 Å². The minimum absolute atomic E-state index is 0.124. The quantitative estimate of drug-likeness (QED) is 0.571. The number of aliphatic hydroxyl groups excluding tert-OH is 2. The predicted octanol–water partition coefficient (Wildman–Crippen LogP) is -0.618. The van der Waals surface area contributed by atoms with E-state index in [0.29, 0.717) is 0 Å². The molecule has 0 aromatic heterocycles.